The molecule has 0 aromatic heterocycles. The van der Waals surface area contributed by atoms with Crippen molar-refractivity contribution in [1.82, 2.24) is 10.2 Å². The lowest BCUT2D eigenvalue weighted by Crippen LogP contribution is -2.50. The van der Waals surface area contributed by atoms with E-state index < -0.39 is 0 Å². The van der Waals surface area contributed by atoms with Crippen molar-refractivity contribution in [1.29, 1.82) is 0 Å². The zero-order chi connectivity index (χ0) is 16.8. The van der Waals surface area contributed by atoms with E-state index in [9.17, 15) is 4.79 Å². The Kier molecular flexibility index (Phi) is 5.62. The fourth-order valence-electron chi connectivity index (χ4n) is 2.94. The van der Waals surface area contributed by atoms with E-state index >= 15 is 0 Å². The van der Waals surface area contributed by atoms with Crippen LogP contribution in [0.4, 0.5) is 0 Å². The van der Waals surface area contributed by atoms with E-state index in [-0.39, 0.29) is 5.78 Å². The largest absolute Gasteiger partial charge is 0.457 e. The molecule has 1 aliphatic rings. The highest BCUT2D eigenvalue weighted by atomic mass is 16.5. The lowest BCUT2D eigenvalue weighted by Gasteiger charge is -2.33. The van der Waals surface area contributed by atoms with Crippen LogP contribution in [0.2, 0.25) is 0 Å². The predicted octanol–water partition coefficient (Wildman–Crippen LogP) is 3.35. The molecule has 2 aromatic rings. The SMILES string of the molecule is CC1CNCCN1CCC(=O)c1ccc(Oc2ccccc2)cc1. The number of piperazine rings is 1. The maximum atomic E-state index is 12.4. The Balaban J connectivity index is 1.53. The van der Waals surface area contributed by atoms with Gasteiger partial charge in [0, 0.05) is 44.2 Å². The van der Waals surface area contributed by atoms with Crippen molar-refractivity contribution in [3.05, 3.63) is 60.2 Å². The van der Waals surface area contributed by atoms with Gasteiger partial charge in [-0.15, -0.1) is 0 Å². The normalized spacial score (nSPS) is 18.3. The molecule has 2 aromatic carbocycles. The van der Waals surface area contributed by atoms with Gasteiger partial charge in [0.2, 0.25) is 0 Å². The van der Waals surface area contributed by atoms with E-state index in [4.69, 9.17) is 4.74 Å². The van der Waals surface area contributed by atoms with Gasteiger partial charge in [-0.25, -0.2) is 0 Å². The Labute approximate surface area is 143 Å². The maximum absolute atomic E-state index is 12.4. The minimum Gasteiger partial charge on any atom is -0.457 e. The average molecular weight is 324 g/mol. The lowest BCUT2D eigenvalue weighted by atomic mass is 10.1. The van der Waals surface area contributed by atoms with Gasteiger partial charge in [0.15, 0.2) is 5.78 Å². The van der Waals surface area contributed by atoms with E-state index in [0.717, 1.165) is 43.2 Å². The topological polar surface area (TPSA) is 41.6 Å². The molecular weight excluding hydrogens is 300 g/mol. The second kappa shape index (κ2) is 8.08. The number of benzene rings is 2. The molecule has 0 spiro atoms. The molecule has 24 heavy (non-hydrogen) atoms. The summed E-state index contributed by atoms with van der Waals surface area (Å²) in [6.07, 6.45) is 0.559. The third kappa shape index (κ3) is 4.43. The second-order valence-corrected chi connectivity index (χ2v) is 6.20. The summed E-state index contributed by atoms with van der Waals surface area (Å²) in [4.78, 5) is 14.8. The molecule has 4 heteroatoms. The predicted molar refractivity (Wildman–Crippen MR) is 95.8 cm³/mol. The van der Waals surface area contributed by atoms with Gasteiger partial charge in [0.1, 0.15) is 11.5 Å². The van der Waals surface area contributed by atoms with Crippen molar-refractivity contribution >= 4 is 5.78 Å². The van der Waals surface area contributed by atoms with E-state index in [1.54, 1.807) is 0 Å². The molecule has 0 saturated carbocycles. The Morgan fingerprint density at radius 1 is 1.12 bits per heavy atom. The number of para-hydroxylation sites is 1. The Bertz CT molecular complexity index is 655. The third-order valence-corrected chi connectivity index (χ3v) is 4.42. The summed E-state index contributed by atoms with van der Waals surface area (Å²) in [5.41, 5.74) is 0.748. The highest BCUT2D eigenvalue weighted by Gasteiger charge is 2.18. The highest BCUT2D eigenvalue weighted by molar-refractivity contribution is 5.96. The van der Waals surface area contributed by atoms with Crippen LogP contribution in [-0.2, 0) is 0 Å². The van der Waals surface area contributed by atoms with Crippen LogP contribution in [0, 0.1) is 0 Å². The van der Waals surface area contributed by atoms with Crippen LogP contribution in [0.3, 0.4) is 0 Å². The summed E-state index contributed by atoms with van der Waals surface area (Å²) in [6.45, 7) is 6.04. The molecule has 1 atom stereocenters. The summed E-state index contributed by atoms with van der Waals surface area (Å²) >= 11 is 0. The maximum Gasteiger partial charge on any atom is 0.164 e. The summed E-state index contributed by atoms with van der Waals surface area (Å²) in [7, 11) is 0. The zero-order valence-corrected chi connectivity index (χ0v) is 14.1. The highest BCUT2D eigenvalue weighted by Crippen LogP contribution is 2.21. The third-order valence-electron chi connectivity index (χ3n) is 4.42. The van der Waals surface area contributed by atoms with Crippen LogP contribution < -0.4 is 10.1 Å². The summed E-state index contributed by atoms with van der Waals surface area (Å²) < 4.78 is 5.76. The number of ketones is 1. The molecule has 1 saturated heterocycles. The van der Waals surface area contributed by atoms with Crippen molar-refractivity contribution in [2.75, 3.05) is 26.2 Å². The second-order valence-electron chi connectivity index (χ2n) is 6.20. The average Bonchev–Trinajstić information content (AvgIpc) is 2.62. The van der Waals surface area contributed by atoms with Gasteiger partial charge in [-0.05, 0) is 43.3 Å². The van der Waals surface area contributed by atoms with Gasteiger partial charge in [0.25, 0.3) is 0 Å². The van der Waals surface area contributed by atoms with Crippen molar-refractivity contribution in [3.63, 3.8) is 0 Å². The first-order valence-electron chi connectivity index (χ1n) is 8.53. The minimum absolute atomic E-state index is 0.187. The molecule has 1 unspecified atom stereocenters. The van der Waals surface area contributed by atoms with Crippen molar-refractivity contribution < 1.29 is 9.53 Å². The number of hydrogen-bond donors (Lipinski definition) is 1. The van der Waals surface area contributed by atoms with E-state index in [1.807, 2.05) is 54.6 Å². The molecule has 126 valence electrons. The number of ether oxygens (including phenoxy) is 1. The van der Waals surface area contributed by atoms with Crippen LogP contribution >= 0.6 is 0 Å². The molecule has 0 bridgehead atoms. The Morgan fingerprint density at radius 2 is 1.83 bits per heavy atom. The fraction of sp³-hybridized carbons (Fsp3) is 0.350. The molecule has 0 aliphatic carbocycles. The molecule has 0 radical (unpaired) electrons. The van der Waals surface area contributed by atoms with Crippen molar-refractivity contribution in [2.45, 2.75) is 19.4 Å². The quantitative estimate of drug-likeness (QED) is 0.828. The smallest absolute Gasteiger partial charge is 0.164 e. The Morgan fingerprint density at radius 3 is 2.54 bits per heavy atom. The summed E-state index contributed by atoms with van der Waals surface area (Å²) in [5.74, 6) is 1.73. The van der Waals surface area contributed by atoms with Crippen LogP contribution in [-0.4, -0.2) is 42.9 Å². The standard InChI is InChI=1S/C20H24N2O2/c1-16-15-21-12-14-22(16)13-11-20(23)17-7-9-19(10-8-17)24-18-5-3-2-4-6-18/h2-10,16,21H,11-15H2,1H3. The number of rotatable bonds is 6. The van der Waals surface area contributed by atoms with Gasteiger partial charge in [-0.2, -0.15) is 0 Å². The molecule has 1 heterocycles. The molecule has 1 N–H and O–H groups in total. The van der Waals surface area contributed by atoms with Gasteiger partial charge in [-0.3, -0.25) is 9.69 Å². The molecular formula is C20H24N2O2. The van der Waals surface area contributed by atoms with E-state index in [2.05, 4.69) is 17.1 Å². The lowest BCUT2D eigenvalue weighted by molar-refractivity contribution is 0.0942. The van der Waals surface area contributed by atoms with E-state index in [0.29, 0.717) is 12.5 Å². The van der Waals surface area contributed by atoms with Crippen molar-refractivity contribution in [2.24, 2.45) is 0 Å². The van der Waals surface area contributed by atoms with Crippen LogP contribution in [0.1, 0.15) is 23.7 Å². The number of nitrogens with zero attached hydrogens (tertiary/aromatic N) is 1. The van der Waals surface area contributed by atoms with Gasteiger partial charge in [0.05, 0.1) is 0 Å². The Hall–Kier alpha value is -2.17. The molecule has 4 nitrogen and oxygen atoms in total. The number of hydrogen-bond acceptors (Lipinski definition) is 4. The number of carbonyl (C=O) groups is 1. The first-order chi connectivity index (χ1) is 11.7. The number of nitrogens with one attached hydrogen (secondary N) is 1. The van der Waals surface area contributed by atoms with Crippen LogP contribution in [0.25, 0.3) is 0 Å². The molecule has 3 rings (SSSR count). The summed E-state index contributed by atoms with van der Waals surface area (Å²) in [6, 6.07) is 17.5. The molecule has 1 aliphatic heterocycles. The van der Waals surface area contributed by atoms with Crippen molar-refractivity contribution in [3.8, 4) is 11.5 Å². The molecule has 1 fully saturated rings. The van der Waals surface area contributed by atoms with Crippen LogP contribution in [0.15, 0.2) is 54.6 Å². The molecule has 0 amide bonds. The first-order valence-corrected chi connectivity index (χ1v) is 8.53. The first kappa shape index (κ1) is 16.7. The minimum atomic E-state index is 0.187. The van der Waals surface area contributed by atoms with Gasteiger partial charge < -0.3 is 10.1 Å². The fourth-order valence-corrected chi connectivity index (χ4v) is 2.94. The number of Topliss-reactive ketones (excluding diaryl/α,β-unsaturated/α-hetero) is 1. The van der Waals surface area contributed by atoms with E-state index in [1.165, 1.54) is 0 Å². The summed E-state index contributed by atoms with van der Waals surface area (Å²) in [5, 5.41) is 3.37. The number of carbonyl (C=O) groups excluding carboxylic acids is 1. The van der Waals surface area contributed by atoms with Gasteiger partial charge >= 0.3 is 0 Å². The van der Waals surface area contributed by atoms with Gasteiger partial charge in [-0.1, -0.05) is 18.2 Å². The zero-order valence-electron chi connectivity index (χ0n) is 14.1. The monoisotopic (exact) mass is 324 g/mol. The van der Waals surface area contributed by atoms with Crippen LogP contribution in [0.5, 0.6) is 11.5 Å².